The lowest BCUT2D eigenvalue weighted by Crippen LogP contribution is -2.42. The summed E-state index contributed by atoms with van der Waals surface area (Å²) in [4.78, 5) is 23.9. The van der Waals surface area contributed by atoms with Crippen molar-refractivity contribution in [3.05, 3.63) is 34.9 Å². The predicted molar refractivity (Wildman–Crippen MR) is 83.1 cm³/mol. The monoisotopic (exact) mass is 291 g/mol. The second kappa shape index (κ2) is 6.74. The maximum absolute atomic E-state index is 12.0. The van der Waals surface area contributed by atoms with Crippen molar-refractivity contribution >= 4 is 11.9 Å². The van der Waals surface area contributed by atoms with Crippen molar-refractivity contribution < 1.29 is 14.3 Å². The smallest absolute Gasteiger partial charge is 0.328 e. The van der Waals surface area contributed by atoms with Crippen LogP contribution < -0.4 is 5.32 Å². The largest absolute Gasteiger partial charge is 0.458 e. The summed E-state index contributed by atoms with van der Waals surface area (Å²) in [6.45, 7) is 11.0. The highest BCUT2D eigenvalue weighted by Crippen LogP contribution is 2.12. The third kappa shape index (κ3) is 5.98. The molecule has 0 radical (unpaired) electrons. The van der Waals surface area contributed by atoms with Gasteiger partial charge in [-0.2, -0.15) is 0 Å². The van der Waals surface area contributed by atoms with E-state index in [9.17, 15) is 9.59 Å². The minimum absolute atomic E-state index is 0.179. The number of benzene rings is 1. The first-order valence-electron chi connectivity index (χ1n) is 7.17. The van der Waals surface area contributed by atoms with Crippen LogP contribution in [0, 0.1) is 13.8 Å². The Hall–Kier alpha value is -1.84. The van der Waals surface area contributed by atoms with Gasteiger partial charge >= 0.3 is 5.97 Å². The second-order valence-electron chi connectivity index (χ2n) is 6.43. The third-order valence-electron chi connectivity index (χ3n) is 2.99. The van der Waals surface area contributed by atoms with Crippen LogP contribution in [0.2, 0.25) is 0 Å². The number of aryl methyl sites for hydroxylation is 2. The molecule has 21 heavy (non-hydrogen) atoms. The molecule has 4 heteroatoms. The van der Waals surface area contributed by atoms with Crippen molar-refractivity contribution in [3.8, 4) is 0 Å². The Morgan fingerprint density at radius 1 is 1.24 bits per heavy atom. The summed E-state index contributed by atoms with van der Waals surface area (Å²) in [6, 6.07) is 5.35. The molecule has 0 bridgehead atoms. The van der Waals surface area contributed by atoms with Crippen LogP contribution >= 0.6 is 0 Å². The summed E-state index contributed by atoms with van der Waals surface area (Å²) in [7, 11) is 0. The number of ether oxygens (including phenoxy) is 1. The summed E-state index contributed by atoms with van der Waals surface area (Å²) in [5.41, 5.74) is 2.61. The number of nitrogens with one attached hydrogen (secondary N) is 1. The normalized spacial score (nSPS) is 12.7. The molecule has 0 aliphatic carbocycles. The first kappa shape index (κ1) is 17.2. The van der Waals surface area contributed by atoms with E-state index in [2.05, 4.69) is 5.32 Å². The number of rotatable bonds is 4. The molecule has 1 atom stereocenters. The molecule has 1 N–H and O–H groups in total. The first-order chi connectivity index (χ1) is 9.58. The van der Waals surface area contributed by atoms with Crippen LogP contribution in [0.1, 0.15) is 44.4 Å². The van der Waals surface area contributed by atoms with E-state index in [-0.39, 0.29) is 12.3 Å². The Balaban J connectivity index is 2.61. The zero-order valence-electron chi connectivity index (χ0n) is 13.7. The molecule has 1 aromatic carbocycles. The molecule has 0 aliphatic heterocycles. The number of amides is 1. The molecule has 0 aliphatic rings. The van der Waals surface area contributed by atoms with E-state index in [1.165, 1.54) is 0 Å². The van der Waals surface area contributed by atoms with Crippen LogP contribution in [0.25, 0.3) is 0 Å². The van der Waals surface area contributed by atoms with Gasteiger partial charge in [0.15, 0.2) is 0 Å². The molecule has 0 spiro atoms. The van der Waals surface area contributed by atoms with Crippen molar-refractivity contribution in [2.75, 3.05) is 0 Å². The molecular formula is C17H25NO3. The van der Waals surface area contributed by atoms with Crippen LogP contribution in [0.3, 0.4) is 0 Å². The first-order valence-corrected chi connectivity index (χ1v) is 7.17. The van der Waals surface area contributed by atoms with Crippen LogP contribution in [0.4, 0.5) is 0 Å². The molecule has 0 unspecified atom stereocenters. The Kier molecular flexibility index (Phi) is 5.53. The lowest BCUT2D eigenvalue weighted by atomic mass is 10.0. The van der Waals surface area contributed by atoms with Gasteiger partial charge in [-0.25, -0.2) is 4.79 Å². The summed E-state index contributed by atoms with van der Waals surface area (Å²) in [5, 5.41) is 2.68. The molecule has 4 nitrogen and oxygen atoms in total. The standard InChI is InChI=1S/C17H25NO3/c1-11-7-8-12(2)14(9-11)10-15(19)18-13(3)16(20)21-17(4,5)6/h7-9,13H,10H2,1-6H3,(H,18,19)/t13-/m1/s1. The Morgan fingerprint density at radius 2 is 1.86 bits per heavy atom. The summed E-state index contributed by atoms with van der Waals surface area (Å²) >= 11 is 0. The van der Waals surface area contributed by atoms with Crippen LogP contribution in [0.5, 0.6) is 0 Å². The fourth-order valence-electron chi connectivity index (χ4n) is 1.91. The van der Waals surface area contributed by atoms with Crippen molar-refractivity contribution in [2.24, 2.45) is 0 Å². The molecule has 1 amide bonds. The molecule has 0 heterocycles. The number of hydrogen-bond acceptors (Lipinski definition) is 3. The average molecular weight is 291 g/mol. The van der Waals surface area contributed by atoms with Gasteiger partial charge in [0.2, 0.25) is 5.91 Å². The van der Waals surface area contributed by atoms with Crippen LogP contribution in [-0.4, -0.2) is 23.5 Å². The lowest BCUT2D eigenvalue weighted by molar-refractivity contribution is -0.158. The number of hydrogen-bond donors (Lipinski definition) is 1. The topological polar surface area (TPSA) is 55.4 Å². The highest BCUT2D eigenvalue weighted by atomic mass is 16.6. The number of esters is 1. The molecule has 0 aromatic heterocycles. The van der Waals surface area contributed by atoms with Gasteiger partial charge in [-0.05, 0) is 52.7 Å². The zero-order chi connectivity index (χ0) is 16.2. The SMILES string of the molecule is Cc1ccc(C)c(CC(=O)N[C@H](C)C(=O)OC(C)(C)C)c1. The lowest BCUT2D eigenvalue weighted by Gasteiger charge is -2.22. The highest BCUT2D eigenvalue weighted by molar-refractivity contribution is 5.85. The van der Waals surface area contributed by atoms with Crippen molar-refractivity contribution in [3.63, 3.8) is 0 Å². The van der Waals surface area contributed by atoms with Crippen LogP contribution in [0.15, 0.2) is 18.2 Å². The van der Waals surface area contributed by atoms with E-state index < -0.39 is 17.6 Å². The van der Waals surface area contributed by atoms with Gasteiger partial charge in [0, 0.05) is 0 Å². The Bertz CT molecular complexity index is 529. The average Bonchev–Trinajstić information content (AvgIpc) is 2.31. The summed E-state index contributed by atoms with van der Waals surface area (Å²) in [6.07, 6.45) is 0.265. The molecule has 116 valence electrons. The summed E-state index contributed by atoms with van der Waals surface area (Å²) in [5.74, 6) is -0.598. The van der Waals surface area contributed by atoms with E-state index in [1.807, 2.05) is 32.0 Å². The van der Waals surface area contributed by atoms with E-state index in [1.54, 1.807) is 27.7 Å². The molecular weight excluding hydrogens is 266 g/mol. The molecule has 0 fully saturated rings. The minimum Gasteiger partial charge on any atom is -0.458 e. The zero-order valence-corrected chi connectivity index (χ0v) is 13.7. The Labute approximate surface area is 126 Å². The number of carbonyl (C=O) groups is 2. The Morgan fingerprint density at radius 3 is 2.43 bits per heavy atom. The van der Waals surface area contributed by atoms with Gasteiger partial charge in [0.25, 0.3) is 0 Å². The minimum atomic E-state index is -0.651. The molecule has 0 saturated heterocycles. The van der Waals surface area contributed by atoms with Crippen LogP contribution in [-0.2, 0) is 20.7 Å². The van der Waals surface area contributed by atoms with Gasteiger partial charge in [0.1, 0.15) is 11.6 Å². The maximum atomic E-state index is 12.0. The van der Waals surface area contributed by atoms with Gasteiger partial charge in [0.05, 0.1) is 6.42 Å². The van der Waals surface area contributed by atoms with Crippen molar-refractivity contribution in [2.45, 2.75) is 59.6 Å². The number of carbonyl (C=O) groups excluding carboxylic acids is 2. The summed E-state index contributed by atoms with van der Waals surface area (Å²) < 4.78 is 5.24. The maximum Gasteiger partial charge on any atom is 0.328 e. The van der Waals surface area contributed by atoms with Gasteiger partial charge in [-0.3, -0.25) is 4.79 Å². The van der Waals surface area contributed by atoms with E-state index in [0.717, 1.165) is 16.7 Å². The van der Waals surface area contributed by atoms with Crippen molar-refractivity contribution in [1.82, 2.24) is 5.32 Å². The van der Waals surface area contributed by atoms with Crippen molar-refractivity contribution in [1.29, 1.82) is 0 Å². The van der Waals surface area contributed by atoms with Gasteiger partial charge < -0.3 is 10.1 Å². The fraction of sp³-hybridized carbons (Fsp3) is 0.529. The van der Waals surface area contributed by atoms with E-state index in [0.29, 0.717) is 0 Å². The second-order valence-corrected chi connectivity index (χ2v) is 6.43. The highest BCUT2D eigenvalue weighted by Gasteiger charge is 2.23. The van der Waals surface area contributed by atoms with E-state index >= 15 is 0 Å². The quantitative estimate of drug-likeness (QED) is 0.868. The predicted octanol–water partition coefficient (Wildman–Crippen LogP) is 2.69. The van der Waals surface area contributed by atoms with Gasteiger partial charge in [-0.15, -0.1) is 0 Å². The molecule has 1 aromatic rings. The van der Waals surface area contributed by atoms with Gasteiger partial charge in [-0.1, -0.05) is 23.8 Å². The molecule has 1 rings (SSSR count). The third-order valence-corrected chi connectivity index (χ3v) is 2.99. The fourth-order valence-corrected chi connectivity index (χ4v) is 1.91. The molecule has 0 saturated carbocycles. The van der Waals surface area contributed by atoms with E-state index in [4.69, 9.17) is 4.74 Å².